The summed E-state index contributed by atoms with van der Waals surface area (Å²) in [6.45, 7) is 6.12. The molecule has 2 amide bonds. The molecule has 2 aliphatic heterocycles. The lowest BCUT2D eigenvalue weighted by Gasteiger charge is -2.30. The molecule has 13 heteroatoms. The number of fused-ring (bicyclic) bond motifs is 1. The first-order valence-corrected chi connectivity index (χ1v) is 14.4. The Morgan fingerprint density at radius 2 is 1.90 bits per heavy atom. The van der Waals surface area contributed by atoms with Gasteiger partial charge < -0.3 is 20.1 Å². The van der Waals surface area contributed by atoms with Gasteiger partial charge in [-0.05, 0) is 50.6 Å². The van der Waals surface area contributed by atoms with Gasteiger partial charge in [-0.1, -0.05) is 36.2 Å². The van der Waals surface area contributed by atoms with Crippen molar-refractivity contribution in [1.82, 2.24) is 20.1 Å². The van der Waals surface area contributed by atoms with Crippen LogP contribution in [-0.4, -0.2) is 70.7 Å². The van der Waals surface area contributed by atoms with Crippen molar-refractivity contribution in [2.75, 3.05) is 25.6 Å². The molecule has 0 spiro atoms. The van der Waals surface area contributed by atoms with Gasteiger partial charge in [-0.25, -0.2) is 9.69 Å². The fraction of sp³-hybridized carbons (Fsp3) is 0.345. The minimum Gasteiger partial charge on any atom is -0.493 e. The number of para-hydroxylation sites is 1. The molecule has 1 aromatic heterocycles. The van der Waals surface area contributed by atoms with E-state index in [2.05, 4.69) is 22.5 Å². The smallest absolute Gasteiger partial charge is 0.252 e. The number of hydrogen-bond donors (Lipinski definition) is 2. The Morgan fingerprint density at radius 3 is 2.60 bits per heavy atom. The second-order valence-electron chi connectivity index (χ2n) is 9.79. The third kappa shape index (κ3) is 5.72. The van der Waals surface area contributed by atoms with Gasteiger partial charge in [0.05, 0.1) is 34.0 Å². The van der Waals surface area contributed by atoms with Crippen molar-refractivity contribution in [1.29, 1.82) is 0 Å². The fourth-order valence-corrected chi connectivity index (χ4v) is 5.52. The van der Waals surface area contributed by atoms with E-state index in [1.54, 1.807) is 35.3 Å². The number of hydrazone groups is 1. The maximum Gasteiger partial charge on any atom is 0.252 e. The van der Waals surface area contributed by atoms with Crippen LogP contribution in [0.1, 0.15) is 39.2 Å². The number of halogens is 2. The Labute approximate surface area is 253 Å². The van der Waals surface area contributed by atoms with Crippen LogP contribution in [0.2, 0.25) is 10.0 Å². The number of aromatic nitrogens is 2. The number of methoxy groups -OCH3 is 1. The van der Waals surface area contributed by atoms with E-state index in [-0.39, 0.29) is 24.5 Å². The van der Waals surface area contributed by atoms with E-state index in [1.165, 1.54) is 11.8 Å². The molecule has 5 rings (SSSR count). The highest BCUT2D eigenvalue weighted by Gasteiger charge is 2.42. The van der Waals surface area contributed by atoms with Crippen molar-refractivity contribution in [2.45, 2.75) is 45.7 Å². The number of hydrogen-bond acceptors (Lipinski definition) is 8. The van der Waals surface area contributed by atoms with Crippen LogP contribution < -0.4 is 15.4 Å². The Morgan fingerprint density at radius 1 is 1.14 bits per heavy atom. The van der Waals surface area contributed by atoms with Crippen molar-refractivity contribution in [3.63, 3.8) is 0 Å². The Bertz CT molecular complexity index is 1570. The molecule has 0 saturated carbocycles. The van der Waals surface area contributed by atoms with E-state index in [4.69, 9.17) is 42.9 Å². The number of carbonyl (C=O) groups excluding carboxylic acids is 2. The van der Waals surface area contributed by atoms with E-state index in [0.717, 1.165) is 12.3 Å². The van der Waals surface area contributed by atoms with E-state index < -0.39 is 6.04 Å². The summed E-state index contributed by atoms with van der Waals surface area (Å²) >= 11 is 13.0. The van der Waals surface area contributed by atoms with E-state index >= 15 is 0 Å². The normalized spacial score (nSPS) is 17.9. The van der Waals surface area contributed by atoms with Crippen molar-refractivity contribution < 1.29 is 19.1 Å². The number of nitrogens with one attached hydrogen (secondary N) is 2. The van der Waals surface area contributed by atoms with Crippen molar-refractivity contribution in [2.24, 2.45) is 10.1 Å². The second-order valence-corrected chi connectivity index (χ2v) is 10.6. The number of amides is 2. The van der Waals surface area contributed by atoms with Gasteiger partial charge in [-0.3, -0.25) is 14.6 Å². The summed E-state index contributed by atoms with van der Waals surface area (Å²) in [5, 5.41) is 17.8. The third-order valence-electron chi connectivity index (χ3n) is 6.76. The number of aliphatic imine (C=N–C) groups is 1. The van der Waals surface area contributed by atoms with E-state index in [1.807, 2.05) is 26.0 Å². The largest absolute Gasteiger partial charge is 0.493 e. The molecule has 2 unspecified atom stereocenters. The Balaban J connectivity index is 1.61. The summed E-state index contributed by atoms with van der Waals surface area (Å²) in [7, 11) is 1.43. The summed E-state index contributed by atoms with van der Waals surface area (Å²) in [5.74, 6) is 1.46. The van der Waals surface area contributed by atoms with Crippen LogP contribution in [0.4, 0.5) is 5.82 Å². The van der Waals surface area contributed by atoms with Crippen LogP contribution in [0.25, 0.3) is 16.9 Å². The molecule has 0 aliphatic carbocycles. The number of anilines is 1. The molecule has 42 heavy (non-hydrogen) atoms. The van der Waals surface area contributed by atoms with Gasteiger partial charge in [-0.15, -0.1) is 0 Å². The number of amidine groups is 2. The first-order chi connectivity index (χ1) is 20.2. The zero-order valence-corrected chi connectivity index (χ0v) is 25.2. The topological polar surface area (TPSA) is 122 Å². The highest BCUT2D eigenvalue weighted by molar-refractivity contribution is 6.37. The zero-order chi connectivity index (χ0) is 30.0. The molecule has 0 fully saturated rings. The lowest BCUT2D eigenvalue weighted by atomic mass is 10.0. The predicted molar refractivity (Wildman–Crippen MR) is 163 cm³/mol. The fourth-order valence-electron chi connectivity index (χ4n) is 4.97. The number of benzene rings is 2. The summed E-state index contributed by atoms with van der Waals surface area (Å²) < 4.78 is 12.4. The van der Waals surface area contributed by atoms with Gasteiger partial charge in [0.15, 0.2) is 11.9 Å². The average Bonchev–Trinajstić information content (AvgIpc) is 3.50. The van der Waals surface area contributed by atoms with E-state index in [9.17, 15) is 9.59 Å². The molecule has 11 nitrogen and oxygen atoms in total. The summed E-state index contributed by atoms with van der Waals surface area (Å²) in [6, 6.07) is 11.6. The lowest BCUT2D eigenvalue weighted by Crippen LogP contribution is -2.54. The van der Waals surface area contributed by atoms with Gasteiger partial charge in [0.2, 0.25) is 0 Å². The first kappa shape index (κ1) is 29.6. The molecule has 3 aromatic rings. The zero-order valence-electron chi connectivity index (χ0n) is 23.6. The van der Waals surface area contributed by atoms with Gasteiger partial charge >= 0.3 is 0 Å². The molecule has 2 atom stereocenters. The molecule has 220 valence electrons. The molecule has 2 aliphatic rings. The maximum absolute atomic E-state index is 13.2. The molecular weight excluding hydrogens is 581 g/mol. The van der Waals surface area contributed by atoms with Crippen LogP contribution in [-0.2, 0) is 14.3 Å². The molecular formula is C29H31Cl2N7O4. The highest BCUT2D eigenvalue weighted by Crippen LogP contribution is 2.35. The molecule has 0 saturated heterocycles. The Hall–Kier alpha value is -3.93. The number of nitrogens with zero attached hydrogens (tertiary/aromatic N) is 5. The van der Waals surface area contributed by atoms with Crippen LogP contribution in [0.5, 0.6) is 5.75 Å². The van der Waals surface area contributed by atoms with Crippen molar-refractivity contribution >= 4 is 52.5 Å². The first-order valence-electron chi connectivity index (χ1n) is 13.6. The Kier molecular flexibility index (Phi) is 8.81. The average molecular weight is 613 g/mol. The van der Waals surface area contributed by atoms with Crippen LogP contribution in [0, 0.1) is 0 Å². The number of carbonyl (C=O) groups is 2. The quantitative estimate of drug-likeness (QED) is 0.336. The summed E-state index contributed by atoms with van der Waals surface area (Å²) in [6.07, 6.45) is 1.59. The van der Waals surface area contributed by atoms with Gasteiger partial charge in [0.25, 0.3) is 11.8 Å². The standard InChI is InChI=1S/C29H31Cl2N7O4/c1-5-8-23-32-16(3)26-29(40)34-28(36-37(23)26)18-13-17(11-12-22(18)42-6-2)21-14-24(33-25(39)15-41-4)38(35-21)27-19(30)9-7-10-20(27)31/h7,9-14,16,26H,5-6,8,15H2,1-4H3,(H,33,39)(H,34,36,40). The number of ether oxygens (including phenoxy) is 2. The summed E-state index contributed by atoms with van der Waals surface area (Å²) in [4.78, 5) is 30.4. The molecule has 0 radical (unpaired) electrons. The second kappa shape index (κ2) is 12.5. The van der Waals surface area contributed by atoms with Gasteiger partial charge in [0.1, 0.15) is 29.7 Å². The highest BCUT2D eigenvalue weighted by atomic mass is 35.5. The van der Waals surface area contributed by atoms with Gasteiger partial charge in [0, 0.05) is 25.2 Å². The lowest BCUT2D eigenvalue weighted by molar-refractivity contribution is -0.124. The predicted octanol–water partition coefficient (Wildman–Crippen LogP) is 4.89. The SMILES string of the molecule is CCCC1=NC(C)C2C(=O)NC(c3cc(-c4cc(NC(=O)COC)n(-c5c(Cl)cccc5Cl)n4)ccc3OCC)=NN12. The number of rotatable bonds is 10. The molecule has 2 N–H and O–H groups in total. The van der Waals surface area contributed by atoms with Crippen molar-refractivity contribution in [3.8, 4) is 22.7 Å². The van der Waals surface area contributed by atoms with Crippen LogP contribution >= 0.6 is 23.2 Å². The monoisotopic (exact) mass is 611 g/mol. The summed E-state index contributed by atoms with van der Waals surface area (Å²) in [5.41, 5.74) is 2.17. The maximum atomic E-state index is 13.2. The van der Waals surface area contributed by atoms with Gasteiger partial charge in [-0.2, -0.15) is 10.2 Å². The van der Waals surface area contributed by atoms with E-state index in [0.29, 0.717) is 63.0 Å². The van der Waals surface area contributed by atoms with Crippen LogP contribution in [0.3, 0.4) is 0 Å². The third-order valence-corrected chi connectivity index (χ3v) is 7.37. The molecule has 2 aromatic carbocycles. The molecule has 0 bridgehead atoms. The van der Waals surface area contributed by atoms with Crippen LogP contribution in [0.15, 0.2) is 52.6 Å². The minimum atomic E-state index is -0.497. The minimum absolute atomic E-state index is 0.150. The molecule has 3 heterocycles. The van der Waals surface area contributed by atoms with Crippen molar-refractivity contribution in [3.05, 3.63) is 58.1 Å².